The van der Waals surface area contributed by atoms with Gasteiger partial charge in [-0.05, 0) is 29.7 Å². The van der Waals surface area contributed by atoms with Crippen LogP contribution in [-0.2, 0) is 20.9 Å². The Kier molecular flexibility index (Phi) is 5.32. The molecular weight excluding hydrogens is 294 g/mol. The molecule has 114 valence electrons. The molecule has 0 N–H and O–H groups in total. The number of ether oxygens (including phenoxy) is 1. The number of hydrogen-bond donors (Lipinski definition) is 0. The van der Waals surface area contributed by atoms with E-state index in [2.05, 4.69) is 26.3 Å². The Balaban J connectivity index is 1.89. The van der Waals surface area contributed by atoms with Crippen LogP contribution in [0.15, 0.2) is 16.9 Å². The number of carbonyl (C=O) groups excluding carboxylic acids is 2. The number of allylic oxidation sites excluding steroid dienone is 2. The van der Waals surface area contributed by atoms with Crippen LogP contribution in [0.1, 0.15) is 19.3 Å². The Morgan fingerprint density at radius 3 is 3.00 bits per heavy atom. The van der Waals surface area contributed by atoms with Gasteiger partial charge in [0.2, 0.25) is 11.1 Å². The normalized spacial score (nSPS) is 13.9. The van der Waals surface area contributed by atoms with Gasteiger partial charge in [0.25, 0.3) is 0 Å². The van der Waals surface area contributed by atoms with E-state index in [0.717, 1.165) is 25.0 Å². The number of rotatable bonds is 6. The maximum Gasteiger partial charge on any atom is 0.327 e. The molecule has 0 unspecified atom stereocenters. The van der Waals surface area contributed by atoms with Crippen LogP contribution in [-0.4, -0.2) is 56.9 Å². The molecule has 0 fully saturated rings. The van der Waals surface area contributed by atoms with Crippen LogP contribution in [0.25, 0.3) is 0 Å². The standard InChI is InChI=1S/C12H17N5O3S/c1-16(9-5-3-4-6-9)10(18)8-21-12-13-14-15-17(12)7-11(19)20-2/h5H,3-4,6-8H2,1-2H3. The molecule has 0 bridgehead atoms. The molecule has 0 radical (unpaired) electrons. The van der Waals surface area contributed by atoms with Crippen molar-refractivity contribution in [2.24, 2.45) is 0 Å². The first-order valence-electron chi connectivity index (χ1n) is 6.53. The minimum absolute atomic E-state index is 0.0132. The molecule has 1 aromatic heterocycles. The Morgan fingerprint density at radius 1 is 1.52 bits per heavy atom. The van der Waals surface area contributed by atoms with Gasteiger partial charge in [0.1, 0.15) is 6.54 Å². The highest BCUT2D eigenvalue weighted by atomic mass is 32.2. The molecule has 9 heteroatoms. The van der Waals surface area contributed by atoms with E-state index >= 15 is 0 Å². The van der Waals surface area contributed by atoms with E-state index in [1.807, 2.05) is 0 Å². The monoisotopic (exact) mass is 311 g/mol. The average Bonchev–Trinajstić information content (AvgIpc) is 3.15. The van der Waals surface area contributed by atoms with Gasteiger partial charge in [0, 0.05) is 12.7 Å². The first kappa shape index (κ1) is 15.5. The average molecular weight is 311 g/mol. The van der Waals surface area contributed by atoms with E-state index in [1.54, 1.807) is 11.9 Å². The molecule has 2 rings (SSSR count). The Morgan fingerprint density at radius 2 is 2.33 bits per heavy atom. The topological polar surface area (TPSA) is 90.2 Å². The van der Waals surface area contributed by atoms with Crippen LogP contribution in [0.3, 0.4) is 0 Å². The van der Waals surface area contributed by atoms with E-state index in [9.17, 15) is 9.59 Å². The van der Waals surface area contributed by atoms with Crippen molar-refractivity contribution in [3.63, 3.8) is 0 Å². The molecule has 0 spiro atoms. The zero-order valence-corrected chi connectivity index (χ0v) is 12.8. The highest BCUT2D eigenvalue weighted by Crippen LogP contribution is 2.22. The minimum atomic E-state index is -0.441. The number of nitrogens with zero attached hydrogens (tertiary/aromatic N) is 5. The summed E-state index contributed by atoms with van der Waals surface area (Å²) >= 11 is 1.20. The summed E-state index contributed by atoms with van der Waals surface area (Å²) in [6.45, 7) is -0.0684. The Labute approximate surface area is 126 Å². The predicted octanol–water partition coefficient (Wildman–Crippen LogP) is 0.464. The maximum absolute atomic E-state index is 12.1. The highest BCUT2D eigenvalue weighted by molar-refractivity contribution is 7.99. The van der Waals surface area contributed by atoms with Crippen molar-refractivity contribution in [3.05, 3.63) is 11.8 Å². The highest BCUT2D eigenvalue weighted by Gasteiger charge is 2.18. The number of methoxy groups -OCH3 is 1. The van der Waals surface area contributed by atoms with Crippen molar-refractivity contribution in [2.75, 3.05) is 19.9 Å². The predicted molar refractivity (Wildman–Crippen MR) is 75.3 cm³/mol. The third-order valence-electron chi connectivity index (χ3n) is 3.15. The largest absolute Gasteiger partial charge is 0.468 e. The number of carbonyl (C=O) groups is 2. The van der Waals surface area contributed by atoms with Gasteiger partial charge in [-0.2, -0.15) is 0 Å². The number of hydrogen-bond acceptors (Lipinski definition) is 7. The van der Waals surface area contributed by atoms with Crippen LogP contribution < -0.4 is 0 Å². The summed E-state index contributed by atoms with van der Waals surface area (Å²) in [6.07, 6.45) is 5.14. The van der Waals surface area contributed by atoms with Crippen LogP contribution in [0, 0.1) is 0 Å². The molecule has 0 saturated heterocycles. The number of aromatic nitrogens is 4. The molecule has 1 amide bonds. The Bertz CT molecular complexity index is 557. The second-order valence-corrected chi connectivity index (χ2v) is 5.47. The van der Waals surface area contributed by atoms with Gasteiger partial charge in [-0.3, -0.25) is 9.59 Å². The van der Waals surface area contributed by atoms with Gasteiger partial charge in [-0.1, -0.05) is 17.8 Å². The first-order chi connectivity index (χ1) is 10.1. The fourth-order valence-electron chi connectivity index (χ4n) is 1.93. The molecule has 0 aromatic carbocycles. The lowest BCUT2D eigenvalue weighted by molar-refractivity contribution is -0.141. The molecule has 1 aromatic rings. The maximum atomic E-state index is 12.1. The quantitative estimate of drug-likeness (QED) is 0.557. The lowest BCUT2D eigenvalue weighted by Crippen LogP contribution is -2.27. The zero-order valence-electron chi connectivity index (χ0n) is 12.0. The molecule has 1 aliphatic rings. The first-order valence-corrected chi connectivity index (χ1v) is 7.51. The second kappa shape index (κ2) is 7.21. The minimum Gasteiger partial charge on any atom is -0.468 e. The fourth-order valence-corrected chi connectivity index (χ4v) is 2.72. The van der Waals surface area contributed by atoms with Gasteiger partial charge >= 0.3 is 5.97 Å². The zero-order chi connectivity index (χ0) is 15.2. The molecule has 0 saturated carbocycles. The second-order valence-electron chi connectivity index (χ2n) is 4.52. The molecule has 21 heavy (non-hydrogen) atoms. The van der Waals surface area contributed by atoms with Crippen molar-refractivity contribution in [1.29, 1.82) is 0 Å². The molecule has 1 aliphatic carbocycles. The number of thioether (sulfide) groups is 1. The summed E-state index contributed by atoms with van der Waals surface area (Å²) in [5, 5.41) is 11.4. The van der Waals surface area contributed by atoms with E-state index in [1.165, 1.54) is 23.6 Å². The van der Waals surface area contributed by atoms with Gasteiger partial charge in [0.05, 0.1) is 12.9 Å². The van der Waals surface area contributed by atoms with E-state index in [0.29, 0.717) is 5.16 Å². The van der Waals surface area contributed by atoms with Crippen LogP contribution in [0.5, 0.6) is 0 Å². The molecule has 0 atom stereocenters. The lowest BCUT2D eigenvalue weighted by atomic mass is 10.3. The third kappa shape index (κ3) is 4.03. The van der Waals surface area contributed by atoms with E-state index in [-0.39, 0.29) is 18.2 Å². The van der Waals surface area contributed by atoms with Crippen LogP contribution in [0.4, 0.5) is 0 Å². The lowest BCUT2D eigenvalue weighted by Gasteiger charge is -2.17. The van der Waals surface area contributed by atoms with Crippen molar-refractivity contribution in [3.8, 4) is 0 Å². The SMILES string of the molecule is COC(=O)Cn1nnnc1SCC(=O)N(C)C1=CCCC1. The molecule has 1 heterocycles. The smallest absolute Gasteiger partial charge is 0.327 e. The molecule has 8 nitrogen and oxygen atoms in total. The van der Waals surface area contributed by atoms with E-state index in [4.69, 9.17) is 0 Å². The van der Waals surface area contributed by atoms with E-state index < -0.39 is 5.97 Å². The number of amides is 1. The summed E-state index contributed by atoms with van der Waals surface area (Å²) in [6, 6.07) is 0. The summed E-state index contributed by atoms with van der Waals surface area (Å²) in [7, 11) is 3.07. The van der Waals surface area contributed by atoms with Crippen molar-refractivity contribution in [2.45, 2.75) is 31.0 Å². The van der Waals surface area contributed by atoms with Gasteiger partial charge in [-0.25, -0.2) is 4.68 Å². The third-order valence-corrected chi connectivity index (χ3v) is 4.09. The van der Waals surface area contributed by atoms with Crippen LogP contribution in [0.2, 0.25) is 0 Å². The summed E-state index contributed by atoms with van der Waals surface area (Å²) in [5.74, 6) is -0.237. The number of esters is 1. The van der Waals surface area contributed by atoms with Gasteiger partial charge in [0.15, 0.2) is 0 Å². The Hall–Kier alpha value is -1.90. The summed E-state index contributed by atoms with van der Waals surface area (Å²) < 4.78 is 5.88. The fraction of sp³-hybridized carbons (Fsp3) is 0.583. The van der Waals surface area contributed by atoms with Gasteiger partial charge in [-0.15, -0.1) is 5.10 Å². The van der Waals surface area contributed by atoms with Gasteiger partial charge < -0.3 is 9.64 Å². The number of tetrazole rings is 1. The van der Waals surface area contributed by atoms with Crippen LogP contribution >= 0.6 is 11.8 Å². The summed E-state index contributed by atoms with van der Waals surface area (Å²) in [4.78, 5) is 25.0. The van der Waals surface area contributed by atoms with Crippen molar-refractivity contribution < 1.29 is 14.3 Å². The van der Waals surface area contributed by atoms with Crippen molar-refractivity contribution in [1.82, 2.24) is 25.1 Å². The summed E-state index contributed by atoms with van der Waals surface area (Å²) in [5.41, 5.74) is 1.06. The molecular formula is C12H17N5O3S. The van der Waals surface area contributed by atoms with Crippen molar-refractivity contribution >= 4 is 23.6 Å². The molecule has 0 aliphatic heterocycles.